The van der Waals surface area contributed by atoms with E-state index in [4.69, 9.17) is 4.74 Å². The lowest BCUT2D eigenvalue weighted by atomic mass is 10.2. The number of anilines is 1. The van der Waals surface area contributed by atoms with Crippen LogP contribution in [0.3, 0.4) is 0 Å². The minimum Gasteiger partial charge on any atom is -0.448 e. The molecular formula is C21H22N2O4. The lowest BCUT2D eigenvalue weighted by Crippen LogP contribution is -2.39. The number of para-hydroxylation sites is 1. The van der Waals surface area contributed by atoms with Gasteiger partial charge in [0.15, 0.2) is 6.10 Å². The summed E-state index contributed by atoms with van der Waals surface area (Å²) < 4.78 is 5.28. The van der Waals surface area contributed by atoms with Crippen LogP contribution in [0.1, 0.15) is 19.4 Å². The minimum atomic E-state index is -1.02. The molecule has 0 aliphatic heterocycles. The number of rotatable bonds is 6. The van der Waals surface area contributed by atoms with Crippen molar-refractivity contribution < 1.29 is 19.1 Å². The number of ether oxygens (including phenoxy) is 1. The van der Waals surface area contributed by atoms with Crippen LogP contribution < -0.4 is 10.2 Å². The van der Waals surface area contributed by atoms with Gasteiger partial charge in [-0.3, -0.25) is 9.59 Å². The smallest absolute Gasteiger partial charge is 0.355 e. The lowest BCUT2D eigenvalue weighted by molar-refractivity contribution is -0.150. The highest BCUT2D eigenvalue weighted by molar-refractivity contribution is 6.01. The number of nitrogens with zero attached hydrogens (tertiary/aromatic N) is 1. The highest BCUT2D eigenvalue weighted by Gasteiger charge is 2.24. The van der Waals surface area contributed by atoms with Crippen LogP contribution in [0.5, 0.6) is 0 Å². The molecule has 2 aromatic carbocycles. The van der Waals surface area contributed by atoms with Gasteiger partial charge in [-0.1, -0.05) is 48.5 Å². The van der Waals surface area contributed by atoms with Gasteiger partial charge in [-0.15, -0.1) is 0 Å². The zero-order valence-electron chi connectivity index (χ0n) is 15.5. The van der Waals surface area contributed by atoms with E-state index in [0.29, 0.717) is 5.69 Å². The molecule has 0 aliphatic carbocycles. The number of carbonyl (C=O) groups excluding carboxylic acids is 3. The maximum absolute atomic E-state index is 12.5. The maximum atomic E-state index is 12.5. The van der Waals surface area contributed by atoms with E-state index in [9.17, 15) is 14.4 Å². The van der Waals surface area contributed by atoms with Crippen LogP contribution in [-0.2, 0) is 19.1 Å². The third-order valence-electron chi connectivity index (χ3n) is 3.75. The topological polar surface area (TPSA) is 75.7 Å². The van der Waals surface area contributed by atoms with E-state index in [1.807, 2.05) is 36.4 Å². The van der Waals surface area contributed by atoms with Gasteiger partial charge in [0.05, 0.1) is 0 Å². The van der Waals surface area contributed by atoms with Crippen LogP contribution in [-0.4, -0.2) is 30.9 Å². The van der Waals surface area contributed by atoms with Crippen molar-refractivity contribution >= 4 is 29.5 Å². The van der Waals surface area contributed by atoms with Crippen LogP contribution in [0.2, 0.25) is 0 Å². The van der Waals surface area contributed by atoms with E-state index >= 15 is 0 Å². The number of nitrogens with one attached hydrogen (secondary N) is 1. The molecule has 27 heavy (non-hydrogen) atoms. The summed E-state index contributed by atoms with van der Waals surface area (Å²) in [6, 6.07) is 18.1. The number of hydrogen-bond donors (Lipinski definition) is 1. The zero-order valence-corrected chi connectivity index (χ0v) is 15.5. The molecule has 2 rings (SSSR count). The molecule has 0 heterocycles. The van der Waals surface area contributed by atoms with Gasteiger partial charge in [0.2, 0.25) is 5.91 Å². The second-order valence-corrected chi connectivity index (χ2v) is 5.93. The SMILES string of the molecule is CC(=O)N/C(=C\c1ccccc1)C(=O)O[C@@H](C)C(=O)N(C)c1ccccc1. The summed E-state index contributed by atoms with van der Waals surface area (Å²) in [5.74, 6) is -1.57. The molecule has 6 nitrogen and oxygen atoms in total. The molecule has 140 valence electrons. The van der Waals surface area contributed by atoms with Gasteiger partial charge in [0, 0.05) is 19.7 Å². The largest absolute Gasteiger partial charge is 0.448 e. The van der Waals surface area contributed by atoms with Crippen LogP contribution in [0.4, 0.5) is 5.69 Å². The molecule has 0 spiro atoms. The first kappa shape index (κ1) is 19.9. The third kappa shape index (κ3) is 5.81. The quantitative estimate of drug-likeness (QED) is 0.630. The Morgan fingerprint density at radius 3 is 2.11 bits per heavy atom. The summed E-state index contributed by atoms with van der Waals surface area (Å²) in [6.45, 7) is 2.79. The Balaban J connectivity index is 2.12. The molecule has 2 amide bonds. The average Bonchev–Trinajstić information content (AvgIpc) is 2.67. The number of likely N-dealkylation sites (N-methyl/N-ethyl adjacent to an activating group) is 1. The normalized spacial score (nSPS) is 12.0. The van der Waals surface area contributed by atoms with E-state index in [0.717, 1.165) is 5.56 Å². The van der Waals surface area contributed by atoms with Gasteiger partial charge in [0.1, 0.15) is 5.70 Å². The molecule has 2 aromatic rings. The van der Waals surface area contributed by atoms with Crippen molar-refractivity contribution in [2.45, 2.75) is 20.0 Å². The van der Waals surface area contributed by atoms with E-state index < -0.39 is 18.0 Å². The monoisotopic (exact) mass is 366 g/mol. The average molecular weight is 366 g/mol. The first-order chi connectivity index (χ1) is 12.9. The highest BCUT2D eigenvalue weighted by atomic mass is 16.5. The second-order valence-electron chi connectivity index (χ2n) is 5.93. The zero-order chi connectivity index (χ0) is 19.8. The summed E-state index contributed by atoms with van der Waals surface area (Å²) >= 11 is 0. The van der Waals surface area contributed by atoms with Crippen LogP contribution in [0.25, 0.3) is 6.08 Å². The molecule has 0 saturated heterocycles. The number of esters is 1. The number of amides is 2. The first-order valence-electron chi connectivity index (χ1n) is 8.46. The standard InChI is InChI=1S/C21H22N2O4/c1-15(20(25)23(3)18-12-8-5-9-13-18)27-21(26)19(22-16(2)24)14-17-10-6-4-7-11-17/h4-15H,1-3H3,(H,22,24)/b19-14-/t15-/m0/s1. The summed E-state index contributed by atoms with van der Waals surface area (Å²) in [5.41, 5.74) is 1.38. The molecule has 0 radical (unpaired) electrons. The Bertz CT molecular complexity index is 832. The summed E-state index contributed by atoms with van der Waals surface area (Å²) in [6.07, 6.45) is 0.484. The van der Waals surface area contributed by atoms with Gasteiger partial charge in [0.25, 0.3) is 5.91 Å². The first-order valence-corrected chi connectivity index (χ1v) is 8.46. The third-order valence-corrected chi connectivity index (χ3v) is 3.75. The maximum Gasteiger partial charge on any atom is 0.355 e. The molecule has 6 heteroatoms. The second kappa shape index (κ2) is 9.33. The summed E-state index contributed by atoms with van der Waals surface area (Å²) in [4.78, 5) is 37.8. The van der Waals surface area contributed by atoms with Crippen molar-refractivity contribution in [2.24, 2.45) is 0 Å². The molecule has 0 aliphatic rings. The molecule has 1 atom stereocenters. The number of hydrogen-bond acceptors (Lipinski definition) is 4. The summed E-state index contributed by atoms with van der Waals surface area (Å²) in [5, 5.41) is 2.46. The Morgan fingerprint density at radius 1 is 1.00 bits per heavy atom. The van der Waals surface area contributed by atoms with Crippen molar-refractivity contribution in [1.29, 1.82) is 0 Å². The van der Waals surface area contributed by atoms with Gasteiger partial charge in [-0.05, 0) is 30.7 Å². The Kier molecular flexibility index (Phi) is 6.88. The fourth-order valence-electron chi connectivity index (χ4n) is 2.38. The molecule has 0 fully saturated rings. The molecule has 0 saturated carbocycles. The van der Waals surface area contributed by atoms with Gasteiger partial charge in [-0.2, -0.15) is 0 Å². The van der Waals surface area contributed by atoms with Crippen LogP contribution in [0.15, 0.2) is 66.4 Å². The molecule has 0 bridgehead atoms. The number of benzene rings is 2. The minimum absolute atomic E-state index is 0.0317. The fourth-order valence-corrected chi connectivity index (χ4v) is 2.38. The highest BCUT2D eigenvalue weighted by Crippen LogP contribution is 2.14. The van der Waals surface area contributed by atoms with Crippen molar-refractivity contribution in [2.75, 3.05) is 11.9 Å². The molecule has 0 unspecified atom stereocenters. The van der Waals surface area contributed by atoms with Crippen molar-refractivity contribution in [1.82, 2.24) is 5.32 Å². The van der Waals surface area contributed by atoms with E-state index in [-0.39, 0.29) is 11.6 Å². The van der Waals surface area contributed by atoms with E-state index in [1.165, 1.54) is 24.8 Å². The Morgan fingerprint density at radius 2 is 1.56 bits per heavy atom. The van der Waals surface area contributed by atoms with Gasteiger partial charge in [-0.25, -0.2) is 4.79 Å². The van der Waals surface area contributed by atoms with Gasteiger partial charge < -0.3 is 15.0 Å². The molecule has 0 aromatic heterocycles. The Labute approximate surface area is 158 Å². The van der Waals surface area contributed by atoms with E-state index in [2.05, 4.69) is 5.32 Å². The van der Waals surface area contributed by atoms with Crippen LogP contribution >= 0.6 is 0 Å². The predicted molar refractivity (Wildman–Crippen MR) is 104 cm³/mol. The fraction of sp³-hybridized carbons (Fsp3) is 0.190. The van der Waals surface area contributed by atoms with Crippen molar-refractivity contribution in [3.63, 3.8) is 0 Å². The summed E-state index contributed by atoms with van der Waals surface area (Å²) in [7, 11) is 1.61. The predicted octanol–water partition coefficient (Wildman–Crippen LogP) is 2.76. The van der Waals surface area contributed by atoms with E-state index in [1.54, 1.807) is 31.3 Å². The van der Waals surface area contributed by atoms with Gasteiger partial charge >= 0.3 is 5.97 Å². The number of carbonyl (C=O) groups is 3. The molecular weight excluding hydrogens is 344 g/mol. The molecule has 1 N–H and O–H groups in total. The van der Waals surface area contributed by atoms with Crippen molar-refractivity contribution in [3.8, 4) is 0 Å². The Hall–Kier alpha value is -3.41. The van der Waals surface area contributed by atoms with Crippen molar-refractivity contribution in [3.05, 3.63) is 71.9 Å². The lowest BCUT2D eigenvalue weighted by Gasteiger charge is -2.22. The van der Waals surface area contributed by atoms with Crippen LogP contribution in [0, 0.1) is 0 Å².